The van der Waals surface area contributed by atoms with Gasteiger partial charge in [-0.25, -0.2) is 4.98 Å². The van der Waals surface area contributed by atoms with Crippen LogP contribution in [0.1, 0.15) is 42.7 Å². The third-order valence-corrected chi connectivity index (χ3v) is 4.92. The maximum atomic E-state index is 13.1. The molecule has 13 heteroatoms. The standard InChI is InChI=1S/C21H23F6N3O4/c1-11(2)3-16(18(31)32)29-17(19(33)34)7-15-8-28-10-30(15)9-12-4-13(20(22,23)24)6-14(5-12)21(25,26)27/h4-6,8,10-11,16-17,29H,3,7,9H2,1-2H3,(H,31,32)(H,33,34)/t16?,17-/m0/s1. The molecule has 0 saturated heterocycles. The molecule has 3 N–H and O–H groups in total. The van der Waals surface area contributed by atoms with E-state index in [-0.39, 0.29) is 36.1 Å². The number of benzene rings is 1. The van der Waals surface area contributed by atoms with Gasteiger partial charge < -0.3 is 14.8 Å². The fourth-order valence-electron chi connectivity index (χ4n) is 3.35. The van der Waals surface area contributed by atoms with Crippen molar-refractivity contribution in [3.63, 3.8) is 0 Å². The molecule has 0 radical (unpaired) electrons. The Morgan fingerprint density at radius 2 is 1.50 bits per heavy atom. The van der Waals surface area contributed by atoms with E-state index in [4.69, 9.17) is 0 Å². The van der Waals surface area contributed by atoms with Gasteiger partial charge in [-0.05, 0) is 36.1 Å². The Kier molecular flexibility index (Phi) is 8.35. The predicted octanol–water partition coefficient (Wildman–Crippen LogP) is 4.05. The second kappa shape index (κ2) is 10.5. The lowest BCUT2D eigenvalue weighted by Crippen LogP contribution is -2.49. The van der Waals surface area contributed by atoms with Gasteiger partial charge in [-0.3, -0.25) is 14.9 Å². The van der Waals surface area contributed by atoms with Crippen molar-refractivity contribution in [2.75, 3.05) is 0 Å². The Morgan fingerprint density at radius 3 is 1.94 bits per heavy atom. The highest BCUT2D eigenvalue weighted by atomic mass is 19.4. The highest BCUT2D eigenvalue weighted by molar-refractivity contribution is 5.77. The van der Waals surface area contributed by atoms with Crippen LogP contribution in [0.3, 0.4) is 0 Å². The van der Waals surface area contributed by atoms with E-state index in [0.717, 1.165) is 6.33 Å². The number of halogens is 6. The normalized spacial score (nSPS) is 14.3. The van der Waals surface area contributed by atoms with Gasteiger partial charge in [0.25, 0.3) is 0 Å². The highest BCUT2D eigenvalue weighted by Crippen LogP contribution is 2.36. The molecule has 2 rings (SSSR count). The molecule has 0 aliphatic heterocycles. The Hall–Kier alpha value is -3.09. The van der Waals surface area contributed by atoms with Crippen molar-refractivity contribution < 1.29 is 46.1 Å². The average molecular weight is 495 g/mol. The van der Waals surface area contributed by atoms with Gasteiger partial charge in [0.2, 0.25) is 0 Å². The minimum atomic E-state index is -5.01. The van der Waals surface area contributed by atoms with Crippen LogP contribution in [0.2, 0.25) is 0 Å². The number of carboxylic acid groups (broad SMARTS) is 2. The zero-order chi connectivity index (χ0) is 25.8. The fourth-order valence-corrected chi connectivity index (χ4v) is 3.35. The molecule has 34 heavy (non-hydrogen) atoms. The van der Waals surface area contributed by atoms with Crippen molar-refractivity contribution in [3.05, 3.63) is 53.1 Å². The summed E-state index contributed by atoms with van der Waals surface area (Å²) in [4.78, 5) is 27.0. The number of carboxylic acids is 2. The molecule has 1 aromatic carbocycles. The summed E-state index contributed by atoms with van der Waals surface area (Å²) in [6.45, 7) is 3.07. The highest BCUT2D eigenvalue weighted by Gasteiger charge is 2.37. The van der Waals surface area contributed by atoms with Crippen molar-refractivity contribution in [1.82, 2.24) is 14.9 Å². The van der Waals surface area contributed by atoms with Crippen LogP contribution in [-0.2, 0) is 34.9 Å². The van der Waals surface area contributed by atoms with Crippen LogP contribution >= 0.6 is 0 Å². The summed E-state index contributed by atoms with van der Waals surface area (Å²) < 4.78 is 80.0. The van der Waals surface area contributed by atoms with Gasteiger partial charge in [-0.15, -0.1) is 0 Å². The first kappa shape index (κ1) is 27.2. The Labute approximate surface area is 190 Å². The molecule has 1 unspecified atom stereocenters. The van der Waals surface area contributed by atoms with Crippen LogP contribution in [-0.4, -0.2) is 43.8 Å². The van der Waals surface area contributed by atoms with E-state index in [1.165, 1.54) is 10.8 Å². The number of alkyl halides is 6. The Morgan fingerprint density at radius 1 is 0.971 bits per heavy atom. The minimum Gasteiger partial charge on any atom is -0.480 e. The van der Waals surface area contributed by atoms with Gasteiger partial charge in [0.15, 0.2) is 0 Å². The number of nitrogens with one attached hydrogen (secondary N) is 1. The molecular weight excluding hydrogens is 472 g/mol. The molecular formula is C21H23F6N3O4. The number of hydrogen-bond donors (Lipinski definition) is 3. The molecule has 0 fully saturated rings. The van der Waals surface area contributed by atoms with E-state index in [1.807, 2.05) is 0 Å². The summed E-state index contributed by atoms with van der Waals surface area (Å²) in [6, 6.07) is -1.38. The molecule has 0 bridgehead atoms. The van der Waals surface area contributed by atoms with Crippen LogP contribution in [0.15, 0.2) is 30.7 Å². The van der Waals surface area contributed by atoms with Gasteiger partial charge in [-0.2, -0.15) is 26.3 Å². The van der Waals surface area contributed by atoms with Gasteiger partial charge >= 0.3 is 24.3 Å². The van der Waals surface area contributed by atoms with Gasteiger partial charge in [-0.1, -0.05) is 13.8 Å². The molecule has 2 aromatic rings. The van der Waals surface area contributed by atoms with Crippen LogP contribution < -0.4 is 5.32 Å². The topological polar surface area (TPSA) is 104 Å². The summed E-state index contributed by atoms with van der Waals surface area (Å²) in [5.41, 5.74) is -3.08. The second-order valence-corrected chi connectivity index (χ2v) is 8.21. The number of aliphatic carboxylic acids is 2. The van der Waals surface area contributed by atoms with Crippen molar-refractivity contribution in [3.8, 4) is 0 Å². The van der Waals surface area contributed by atoms with Crippen molar-refractivity contribution in [1.29, 1.82) is 0 Å². The summed E-state index contributed by atoms with van der Waals surface area (Å²) in [5, 5.41) is 21.4. The van der Waals surface area contributed by atoms with E-state index < -0.39 is 54.0 Å². The van der Waals surface area contributed by atoms with E-state index in [2.05, 4.69) is 10.3 Å². The summed E-state index contributed by atoms with van der Waals surface area (Å²) in [7, 11) is 0. The largest absolute Gasteiger partial charge is 0.480 e. The SMILES string of the molecule is CC(C)CC(N[C@@H](Cc1cncn1Cc1cc(C(F)(F)F)cc(C(F)(F)F)c1)C(=O)O)C(=O)O. The summed E-state index contributed by atoms with van der Waals surface area (Å²) >= 11 is 0. The first-order valence-electron chi connectivity index (χ1n) is 10.1. The lowest BCUT2D eigenvalue weighted by atomic mass is 10.0. The van der Waals surface area contributed by atoms with Crippen molar-refractivity contribution >= 4 is 11.9 Å². The van der Waals surface area contributed by atoms with Crippen LogP contribution in [0, 0.1) is 5.92 Å². The molecule has 1 heterocycles. The van der Waals surface area contributed by atoms with Gasteiger partial charge in [0, 0.05) is 24.9 Å². The van der Waals surface area contributed by atoms with E-state index in [0.29, 0.717) is 12.1 Å². The Balaban J connectivity index is 2.33. The van der Waals surface area contributed by atoms with Gasteiger partial charge in [0.05, 0.1) is 17.5 Å². The predicted molar refractivity (Wildman–Crippen MR) is 107 cm³/mol. The molecule has 0 aliphatic carbocycles. The number of hydrogen-bond acceptors (Lipinski definition) is 4. The molecule has 1 aromatic heterocycles. The lowest BCUT2D eigenvalue weighted by Gasteiger charge is -2.22. The van der Waals surface area contributed by atoms with Crippen LogP contribution in [0.5, 0.6) is 0 Å². The molecule has 7 nitrogen and oxygen atoms in total. The number of aromatic nitrogens is 2. The van der Waals surface area contributed by atoms with E-state index >= 15 is 0 Å². The van der Waals surface area contributed by atoms with Gasteiger partial charge in [0.1, 0.15) is 12.1 Å². The number of rotatable bonds is 10. The van der Waals surface area contributed by atoms with Crippen molar-refractivity contribution in [2.24, 2.45) is 5.92 Å². The van der Waals surface area contributed by atoms with Crippen LogP contribution in [0.4, 0.5) is 26.3 Å². The molecule has 0 amide bonds. The molecule has 0 aliphatic rings. The fraction of sp³-hybridized carbons (Fsp3) is 0.476. The second-order valence-electron chi connectivity index (χ2n) is 8.21. The quantitative estimate of drug-likeness (QED) is 0.430. The third kappa shape index (κ3) is 7.47. The number of imidazole rings is 1. The first-order valence-corrected chi connectivity index (χ1v) is 10.1. The maximum Gasteiger partial charge on any atom is 0.416 e. The number of nitrogens with zero attached hydrogens (tertiary/aromatic N) is 2. The Bertz CT molecular complexity index is 984. The zero-order valence-corrected chi connectivity index (χ0v) is 18.1. The van der Waals surface area contributed by atoms with Crippen molar-refractivity contribution in [2.45, 2.75) is 57.7 Å². The molecule has 188 valence electrons. The monoisotopic (exact) mass is 495 g/mol. The average Bonchev–Trinajstić information content (AvgIpc) is 3.11. The summed E-state index contributed by atoms with van der Waals surface area (Å²) in [6.07, 6.45) is -7.81. The zero-order valence-electron chi connectivity index (χ0n) is 18.1. The maximum absolute atomic E-state index is 13.1. The third-order valence-electron chi connectivity index (χ3n) is 4.92. The minimum absolute atomic E-state index is 0.0173. The van der Waals surface area contributed by atoms with E-state index in [9.17, 15) is 46.1 Å². The first-order chi connectivity index (χ1) is 15.6. The number of carbonyl (C=O) groups is 2. The smallest absolute Gasteiger partial charge is 0.416 e. The molecule has 0 saturated carbocycles. The lowest BCUT2D eigenvalue weighted by molar-refractivity contribution is -0.144. The molecule has 0 spiro atoms. The van der Waals surface area contributed by atoms with Crippen LogP contribution in [0.25, 0.3) is 0 Å². The van der Waals surface area contributed by atoms with E-state index in [1.54, 1.807) is 13.8 Å². The molecule has 2 atom stereocenters. The summed E-state index contributed by atoms with van der Waals surface area (Å²) in [5.74, 6) is -2.68.